The summed E-state index contributed by atoms with van der Waals surface area (Å²) < 4.78 is 0. The van der Waals surface area contributed by atoms with Crippen LogP contribution in [0.4, 0.5) is 11.4 Å². The number of nitrogen functional groups attached to an aromatic ring is 1. The molecular weight excluding hydrogens is 300 g/mol. The lowest BCUT2D eigenvalue weighted by Gasteiger charge is -2.08. The maximum absolute atomic E-state index is 12.2. The molecule has 0 saturated carbocycles. The number of nitrogens with one attached hydrogen (secondary N) is 1. The highest BCUT2D eigenvalue weighted by Gasteiger charge is 2.07. The quantitative estimate of drug-likeness (QED) is 0.640. The first-order valence-corrected chi connectivity index (χ1v) is 7.64. The normalized spacial score (nSPS) is 10.3. The van der Waals surface area contributed by atoms with Gasteiger partial charge in [-0.05, 0) is 60.0 Å². The van der Waals surface area contributed by atoms with Crippen LogP contribution in [-0.4, -0.2) is 11.0 Å². The van der Waals surface area contributed by atoms with Crippen LogP contribution in [0.5, 0.6) is 5.75 Å². The van der Waals surface area contributed by atoms with E-state index in [-0.39, 0.29) is 11.7 Å². The Hall–Kier alpha value is -3.27. The Labute approximate surface area is 140 Å². The molecule has 0 radical (unpaired) electrons. The zero-order valence-electron chi connectivity index (χ0n) is 13.1. The Morgan fingerprint density at radius 3 is 2.42 bits per heavy atom. The van der Waals surface area contributed by atoms with Crippen molar-refractivity contribution in [1.82, 2.24) is 0 Å². The van der Waals surface area contributed by atoms with Crippen LogP contribution < -0.4 is 11.1 Å². The summed E-state index contributed by atoms with van der Waals surface area (Å²) in [4.78, 5) is 12.2. The molecule has 0 saturated heterocycles. The summed E-state index contributed by atoms with van der Waals surface area (Å²) in [5, 5.41) is 12.3. The first-order valence-electron chi connectivity index (χ1n) is 7.64. The maximum Gasteiger partial charge on any atom is 0.255 e. The number of aromatic hydroxyl groups is 1. The SMILES string of the molecule is Nc1ccc(Cc2cccc(NC(=O)c3cccc(O)c3)c2)cc1. The molecule has 24 heavy (non-hydrogen) atoms. The number of hydrogen-bond acceptors (Lipinski definition) is 3. The number of rotatable bonds is 4. The zero-order valence-corrected chi connectivity index (χ0v) is 13.1. The van der Waals surface area contributed by atoms with Gasteiger partial charge in [0.1, 0.15) is 5.75 Å². The molecule has 0 aliphatic heterocycles. The fourth-order valence-electron chi connectivity index (χ4n) is 2.48. The van der Waals surface area contributed by atoms with Gasteiger partial charge in [0.25, 0.3) is 5.91 Å². The summed E-state index contributed by atoms with van der Waals surface area (Å²) in [6.07, 6.45) is 0.760. The van der Waals surface area contributed by atoms with E-state index in [1.807, 2.05) is 48.5 Å². The van der Waals surface area contributed by atoms with Gasteiger partial charge in [-0.25, -0.2) is 0 Å². The van der Waals surface area contributed by atoms with Crippen molar-refractivity contribution in [3.05, 3.63) is 89.5 Å². The van der Waals surface area contributed by atoms with E-state index >= 15 is 0 Å². The van der Waals surface area contributed by atoms with Crippen molar-refractivity contribution in [2.75, 3.05) is 11.1 Å². The highest BCUT2D eigenvalue weighted by molar-refractivity contribution is 6.04. The molecule has 0 spiro atoms. The minimum Gasteiger partial charge on any atom is -0.508 e. The third kappa shape index (κ3) is 3.93. The van der Waals surface area contributed by atoms with Gasteiger partial charge in [0.15, 0.2) is 0 Å². The molecule has 3 aromatic carbocycles. The van der Waals surface area contributed by atoms with Crippen molar-refractivity contribution in [1.29, 1.82) is 0 Å². The second-order valence-electron chi connectivity index (χ2n) is 5.62. The van der Waals surface area contributed by atoms with Crippen molar-refractivity contribution in [2.24, 2.45) is 0 Å². The van der Waals surface area contributed by atoms with Crippen LogP contribution >= 0.6 is 0 Å². The zero-order chi connectivity index (χ0) is 16.9. The number of hydrogen-bond donors (Lipinski definition) is 3. The van der Waals surface area contributed by atoms with Gasteiger partial charge in [0, 0.05) is 16.9 Å². The highest BCUT2D eigenvalue weighted by atomic mass is 16.3. The summed E-state index contributed by atoms with van der Waals surface area (Å²) in [7, 11) is 0. The molecule has 4 heteroatoms. The third-order valence-electron chi connectivity index (χ3n) is 3.68. The minimum absolute atomic E-state index is 0.0692. The molecule has 0 fully saturated rings. The van der Waals surface area contributed by atoms with Gasteiger partial charge >= 0.3 is 0 Å². The molecule has 120 valence electrons. The number of nitrogens with two attached hydrogens (primary N) is 1. The molecule has 4 nitrogen and oxygen atoms in total. The molecule has 0 aromatic heterocycles. The molecule has 0 bridgehead atoms. The van der Waals surface area contributed by atoms with E-state index in [9.17, 15) is 9.90 Å². The van der Waals surface area contributed by atoms with Crippen LogP contribution in [0.2, 0.25) is 0 Å². The lowest BCUT2D eigenvalue weighted by atomic mass is 10.0. The average Bonchev–Trinajstić information content (AvgIpc) is 2.57. The van der Waals surface area contributed by atoms with Gasteiger partial charge < -0.3 is 16.2 Å². The summed E-state index contributed by atoms with van der Waals surface area (Å²) in [5.41, 5.74) is 9.82. The fraction of sp³-hybridized carbons (Fsp3) is 0.0500. The fourth-order valence-corrected chi connectivity index (χ4v) is 2.48. The van der Waals surface area contributed by atoms with E-state index in [1.54, 1.807) is 12.1 Å². The minimum atomic E-state index is -0.254. The lowest BCUT2D eigenvalue weighted by molar-refractivity contribution is 0.102. The molecule has 0 unspecified atom stereocenters. The van der Waals surface area contributed by atoms with Crippen molar-refractivity contribution in [3.8, 4) is 5.75 Å². The average molecular weight is 318 g/mol. The monoisotopic (exact) mass is 318 g/mol. The molecule has 3 rings (SSSR count). The van der Waals surface area contributed by atoms with E-state index in [2.05, 4.69) is 5.32 Å². The van der Waals surface area contributed by atoms with Crippen molar-refractivity contribution >= 4 is 17.3 Å². The lowest BCUT2D eigenvalue weighted by Crippen LogP contribution is -2.11. The predicted octanol–water partition coefficient (Wildman–Crippen LogP) is 3.82. The number of carbonyl (C=O) groups excluding carboxylic acids is 1. The second kappa shape index (κ2) is 6.87. The molecule has 1 amide bonds. The Balaban J connectivity index is 1.73. The first-order chi connectivity index (χ1) is 11.6. The van der Waals surface area contributed by atoms with E-state index in [4.69, 9.17) is 5.73 Å². The van der Waals surface area contributed by atoms with Gasteiger partial charge in [-0.3, -0.25) is 4.79 Å². The highest BCUT2D eigenvalue weighted by Crippen LogP contribution is 2.17. The van der Waals surface area contributed by atoms with Gasteiger partial charge in [0.05, 0.1) is 0 Å². The molecule has 0 aliphatic carbocycles. The van der Waals surface area contributed by atoms with Crippen LogP contribution in [0.15, 0.2) is 72.8 Å². The largest absolute Gasteiger partial charge is 0.508 e. The molecule has 0 atom stereocenters. The smallest absolute Gasteiger partial charge is 0.255 e. The molecule has 0 heterocycles. The predicted molar refractivity (Wildman–Crippen MR) is 96.2 cm³/mol. The Kier molecular flexibility index (Phi) is 4.47. The van der Waals surface area contributed by atoms with Crippen LogP contribution in [0.1, 0.15) is 21.5 Å². The van der Waals surface area contributed by atoms with E-state index in [1.165, 1.54) is 12.1 Å². The standard InChI is InChI=1S/C20H18N2O2/c21-17-9-7-14(8-10-17)11-15-3-1-5-18(12-15)22-20(24)16-4-2-6-19(23)13-16/h1-10,12-13,23H,11,21H2,(H,22,24). The van der Waals surface area contributed by atoms with E-state index < -0.39 is 0 Å². The summed E-state index contributed by atoms with van der Waals surface area (Å²) >= 11 is 0. The van der Waals surface area contributed by atoms with Crippen LogP contribution in [0, 0.1) is 0 Å². The van der Waals surface area contributed by atoms with Gasteiger partial charge in [-0.1, -0.05) is 30.3 Å². The van der Waals surface area contributed by atoms with Crippen LogP contribution in [0.3, 0.4) is 0 Å². The number of carbonyl (C=O) groups is 1. The Bertz CT molecular complexity index is 858. The molecule has 4 N–H and O–H groups in total. The maximum atomic E-state index is 12.2. The van der Waals surface area contributed by atoms with E-state index in [0.717, 1.165) is 28.9 Å². The van der Waals surface area contributed by atoms with Crippen LogP contribution in [-0.2, 0) is 6.42 Å². The van der Waals surface area contributed by atoms with Gasteiger partial charge in [0.2, 0.25) is 0 Å². The number of benzene rings is 3. The Morgan fingerprint density at radius 2 is 1.67 bits per heavy atom. The third-order valence-corrected chi connectivity index (χ3v) is 3.68. The number of anilines is 2. The first kappa shape index (κ1) is 15.6. The molecule has 3 aromatic rings. The molecular formula is C20H18N2O2. The van der Waals surface area contributed by atoms with Crippen molar-refractivity contribution in [2.45, 2.75) is 6.42 Å². The van der Waals surface area contributed by atoms with Crippen LogP contribution in [0.25, 0.3) is 0 Å². The van der Waals surface area contributed by atoms with Gasteiger partial charge in [-0.2, -0.15) is 0 Å². The molecule has 0 aliphatic rings. The Morgan fingerprint density at radius 1 is 0.917 bits per heavy atom. The van der Waals surface area contributed by atoms with Gasteiger partial charge in [-0.15, -0.1) is 0 Å². The van der Waals surface area contributed by atoms with Crippen molar-refractivity contribution < 1.29 is 9.90 Å². The topological polar surface area (TPSA) is 75.3 Å². The second-order valence-corrected chi connectivity index (χ2v) is 5.62. The number of phenols is 1. The summed E-state index contributed by atoms with van der Waals surface area (Å²) in [6.45, 7) is 0. The number of amides is 1. The summed E-state index contributed by atoms with van der Waals surface area (Å²) in [5.74, 6) is -0.185. The number of phenolic OH excluding ortho intramolecular Hbond substituents is 1. The summed E-state index contributed by atoms with van der Waals surface area (Å²) in [6, 6.07) is 21.7. The van der Waals surface area contributed by atoms with Crippen molar-refractivity contribution in [3.63, 3.8) is 0 Å². The van der Waals surface area contributed by atoms with E-state index in [0.29, 0.717) is 5.56 Å².